The van der Waals surface area contributed by atoms with Crippen molar-refractivity contribution >= 4 is 11.9 Å². The lowest BCUT2D eigenvalue weighted by atomic mass is 10.2. The van der Waals surface area contributed by atoms with Crippen LogP contribution >= 0.6 is 0 Å². The Morgan fingerprint density at radius 2 is 1.92 bits per heavy atom. The van der Waals surface area contributed by atoms with E-state index in [0.29, 0.717) is 19.4 Å². The molecule has 0 aromatic rings. The molecule has 138 valence electrons. The van der Waals surface area contributed by atoms with Crippen LogP contribution in [0.5, 0.6) is 0 Å². The molecular weight excluding hydrogens is 304 g/mol. The second kappa shape index (κ2) is 10.7. The molecule has 24 heavy (non-hydrogen) atoms. The molecule has 1 atom stereocenters. The van der Waals surface area contributed by atoms with E-state index in [1.54, 1.807) is 0 Å². The fourth-order valence-corrected chi connectivity index (χ4v) is 3.81. The number of carbonyl (C=O) groups excluding carboxylic acids is 2. The molecule has 0 spiro atoms. The SMILES string of the molecule is CCCCCC(=O)O[C@H](CN1CCCC1=O)C[NH+]1CCCCCC1. The van der Waals surface area contributed by atoms with E-state index in [2.05, 4.69) is 6.92 Å². The van der Waals surface area contributed by atoms with Gasteiger partial charge in [0.25, 0.3) is 0 Å². The molecule has 2 rings (SSSR count). The number of unbranched alkanes of at least 4 members (excludes halogenated alkanes) is 2. The van der Waals surface area contributed by atoms with Crippen LogP contribution in [0.15, 0.2) is 0 Å². The Morgan fingerprint density at radius 3 is 2.54 bits per heavy atom. The van der Waals surface area contributed by atoms with Crippen molar-refractivity contribution in [2.45, 2.75) is 77.2 Å². The van der Waals surface area contributed by atoms with Gasteiger partial charge in [-0.25, -0.2) is 0 Å². The van der Waals surface area contributed by atoms with E-state index in [1.165, 1.54) is 30.6 Å². The Labute approximate surface area is 146 Å². The molecule has 2 fully saturated rings. The molecule has 0 aliphatic carbocycles. The maximum Gasteiger partial charge on any atom is 0.306 e. The van der Waals surface area contributed by atoms with Crippen LogP contribution in [-0.2, 0) is 14.3 Å². The molecule has 5 heteroatoms. The number of hydrogen-bond acceptors (Lipinski definition) is 3. The van der Waals surface area contributed by atoms with Gasteiger partial charge >= 0.3 is 5.97 Å². The summed E-state index contributed by atoms with van der Waals surface area (Å²) >= 11 is 0. The molecule has 2 aliphatic heterocycles. The minimum absolute atomic E-state index is 0.0886. The average molecular weight is 340 g/mol. The van der Waals surface area contributed by atoms with Crippen LogP contribution in [0.4, 0.5) is 0 Å². The molecule has 2 aliphatic rings. The predicted octanol–water partition coefficient (Wildman–Crippen LogP) is 1.56. The van der Waals surface area contributed by atoms with Gasteiger partial charge in [0.15, 0.2) is 6.10 Å². The van der Waals surface area contributed by atoms with Gasteiger partial charge in [-0.2, -0.15) is 0 Å². The fourth-order valence-electron chi connectivity index (χ4n) is 3.81. The molecule has 0 aromatic heterocycles. The van der Waals surface area contributed by atoms with E-state index in [9.17, 15) is 9.59 Å². The van der Waals surface area contributed by atoms with E-state index >= 15 is 0 Å². The standard InChI is InChI=1S/C19H34N2O3/c1-2-3-6-11-19(23)24-17(16-21-14-9-10-18(21)22)15-20-12-7-4-5-8-13-20/h17H,2-16H2,1H3/p+1/t17-/m0/s1. The highest BCUT2D eigenvalue weighted by Crippen LogP contribution is 2.12. The zero-order chi connectivity index (χ0) is 17.2. The molecule has 1 amide bonds. The third-order valence-corrected chi connectivity index (χ3v) is 5.20. The predicted molar refractivity (Wildman–Crippen MR) is 93.9 cm³/mol. The molecular formula is C19H35N2O3+. The van der Waals surface area contributed by atoms with E-state index in [0.717, 1.165) is 51.9 Å². The zero-order valence-corrected chi connectivity index (χ0v) is 15.4. The van der Waals surface area contributed by atoms with Crippen molar-refractivity contribution < 1.29 is 19.2 Å². The zero-order valence-electron chi connectivity index (χ0n) is 15.4. The molecule has 0 unspecified atom stereocenters. The van der Waals surface area contributed by atoms with Gasteiger partial charge in [-0.1, -0.05) is 19.8 Å². The summed E-state index contributed by atoms with van der Waals surface area (Å²) in [5.41, 5.74) is 0. The lowest BCUT2D eigenvalue weighted by Crippen LogP contribution is -3.13. The Bertz CT molecular complexity index is 392. The summed E-state index contributed by atoms with van der Waals surface area (Å²) in [5, 5.41) is 0. The van der Waals surface area contributed by atoms with E-state index < -0.39 is 0 Å². The summed E-state index contributed by atoms with van der Waals surface area (Å²) in [4.78, 5) is 27.5. The van der Waals surface area contributed by atoms with Gasteiger partial charge in [0.05, 0.1) is 19.6 Å². The molecule has 2 saturated heterocycles. The first-order chi connectivity index (χ1) is 11.7. The van der Waals surface area contributed by atoms with Gasteiger partial charge in [0, 0.05) is 19.4 Å². The minimum atomic E-state index is -0.144. The molecule has 0 aromatic carbocycles. The lowest BCUT2D eigenvalue weighted by molar-refractivity contribution is -0.902. The van der Waals surface area contributed by atoms with Crippen LogP contribution in [0.2, 0.25) is 0 Å². The number of amides is 1. The van der Waals surface area contributed by atoms with Crippen LogP contribution in [0.3, 0.4) is 0 Å². The van der Waals surface area contributed by atoms with Crippen molar-refractivity contribution in [1.82, 2.24) is 4.90 Å². The van der Waals surface area contributed by atoms with Crippen molar-refractivity contribution in [2.75, 3.05) is 32.7 Å². The highest BCUT2D eigenvalue weighted by Gasteiger charge is 2.28. The number of rotatable bonds is 9. The number of nitrogens with zero attached hydrogens (tertiary/aromatic N) is 1. The summed E-state index contributed by atoms with van der Waals surface area (Å²) in [7, 11) is 0. The fraction of sp³-hybridized carbons (Fsp3) is 0.895. The van der Waals surface area contributed by atoms with Gasteiger partial charge in [0.2, 0.25) is 5.91 Å². The van der Waals surface area contributed by atoms with Crippen molar-refractivity contribution in [3.8, 4) is 0 Å². The Kier molecular flexibility index (Phi) is 8.57. The smallest absolute Gasteiger partial charge is 0.306 e. The quantitative estimate of drug-likeness (QED) is 0.512. The number of esters is 1. The first-order valence-corrected chi connectivity index (χ1v) is 10.00. The van der Waals surface area contributed by atoms with Gasteiger partial charge in [-0.05, 0) is 38.5 Å². The van der Waals surface area contributed by atoms with Crippen LogP contribution in [0.25, 0.3) is 0 Å². The van der Waals surface area contributed by atoms with Crippen LogP contribution in [-0.4, -0.2) is 55.6 Å². The topological polar surface area (TPSA) is 51.0 Å². The van der Waals surface area contributed by atoms with Crippen molar-refractivity contribution in [2.24, 2.45) is 0 Å². The summed E-state index contributed by atoms with van der Waals surface area (Å²) in [6.07, 6.45) is 10.2. The highest BCUT2D eigenvalue weighted by molar-refractivity contribution is 5.78. The van der Waals surface area contributed by atoms with Crippen molar-refractivity contribution in [1.29, 1.82) is 0 Å². The van der Waals surface area contributed by atoms with Crippen molar-refractivity contribution in [3.63, 3.8) is 0 Å². The maximum atomic E-state index is 12.2. The van der Waals surface area contributed by atoms with Crippen LogP contribution in [0.1, 0.15) is 71.1 Å². The monoisotopic (exact) mass is 339 g/mol. The number of hydrogen-bond donors (Lipinski definition) is 1. The third-order valence-electron chi connectivity index (χ3n) is 5.20. The second-order valence-corrected chi connectivity index (χ2v) is 7.38. The summed E-state index contributed by atoms with van der Waals surface area (Å²) in [6.45, 7) is 6.72. The van der Waals surface area contributed by atoms with Gasteiger partial charge in [-0.3, -0.25) is 9.59 Å². The van der Waals surface area contributed by atoms with E-state index in [-0.39, 0.29) is 18.0 Å². The lowest BCUT2D eigenvalue weighted by Gasteiger charge is -2.27. The summed E-state index contributed by atoms with van der Waals surface area (Å²) in [6, 6.07) is 0. The first-order valence-electron chi connectivity index (χ1n) is 10.00. The Hall–Kier alpha value is -1.10. The number of carbonyl (C=O) groups is 2. The molecule has 2 heterocycles. The number of quaternary nitrogens is 1. The summed E-state index contributed by atoms with van der Waals surface area (Å²) in [5.74, 6) is 0.127. The van der Waals surface area contributed by atoms with Crippen LogP contribution in [0, 0.1) is 0 Å². The normalized spacial score (nSPS) is 20.9. The number of ether oxygens (including phenoxy) is 1. The Balaban J connectivity index is 1.86. The van der Waals surface area contributed by atoms with Gasteiger partial charge in [-0.15, -0.1) is 0 Å². The van der Waals surface area contributed by atoms with E-state index in [1.807, 2.05) is 4.90 Å². The van der Waals surface area contributed by atoms with Crippen molar-refractivity contribution in [3.05, 3.63) is 0 Å². The largest absolute Gasteiger partial charge is 0.454 e. The van der Waals surface area contributed by atoms with Gasteiger partial charge in [0.1, 0.15) is 6.54 Å². The first kappa shape index (κ1) is 19.2. The molecule has 0 radical (unpaired) electrons. The molecule has 1 N–H and O–H groups in total. The molecule has 5 nitrogen and oxygen atoms in total. The number of likely N-dealkylation sites (tertiary alicyclic amines) is 2. The molecule has 0 saturated carbocycles. The second-order valence-electron chi connectivity index (χ2n) is 7.38. The van der Waals surface area contributed by atoms with Crippen LogP contribution < -0.4 is 4.90 Å². The Morgan fingerprint density at radius 1 is 1.17 bits per heavy atom. The maximum absolute atomic E-state index is 12.2. The molecule has 0 bridgehead atoms. The highest BCUT2D eigenvalue weighted by atomic mass is 16.5. The van der Waals surface area contributed by atoms with E-state index in [4.69, 9.17) is 4.74 Å². The number of nitrogens with one attached hydrogen (secondary N) is 1. The minimum Gasteiger partial charge on any atom is -0.454 e. The van der Waals surface area contributed by atoms with Gasteiger partial charge < -0.3 is 14.5 Å². The third kappa shape index (κ3) is 6.80. The summed E-state index contributed by atoms with van der Waals surface area (Å²) < 4.78 is 5.80. The average Bonchev–Trinajstić information content (AvgIpc) is 2.80.